The van der Waals surface area contributed by atoms with Crippen molar-refractivity contribution in [2.45, 2.75) is 12.3 Å². The van der Waals surface area contributed by atoms with E-state index in [9.17, 15) is 0 Å². The second-order valence-electron chi connectivity index (χ2n) is 9.69. The van der Waals surface area contributed by atoms with Crippen molar-refractivity contribution in [1.82, 2.24) is 0 Å². The molecule has 3 nitrogen and oxygen atoms in total. The second-order valence-corrected chi connectivity index (χ2v) is 9.69. The van der Waals surface area contributed by atoms with E-state index in [0.29, 0.717) is 6.61 Å². The van der Waals surface area contributed by atoms with Gasteiger partial charge in [-0.15, -0.1) is 0 Å². The Bertz CT molecular complexity index is 1270. The van der Waals surface area contributed by atoms with Gasteiger partial charge in [0.05, 0.1) is 32.3 Å². The summed E-state index contributed by atoms with van der Waals surface area (Å²) < 4.78 is 17.0. The summed E-state index contributed by atoms with van der Waals surface area (Å²) in [5, 5.41) is 0. The van der Waals surface area contributed by atoms with Gasteiger partial charge in [-0.2, -0.15) is 0 Å². The van der Waals surface area contributed by atoms with E-state index in [1.54, 1.807) is 7.11 Å². The van der Waals surface area contributed by atoms with Crippen molar-refractivity contribution < 1.29 is 14.2 Å². The van der Waals surface area contributed by atoms with E-state index in [1.165, 1.54) is 33.4 Å². The normalized spacial score (nSPS) is 16.8. The predicted octanol–water partition coefficient (Wildman–Crippen LogP) is 6.47. The third-order valence-electron chi connectivity index (χ3n) is 7.25. The van der Waals surface area contributed by atoms with Gasteiger partial charge < -0.3 is 14.2 Å². The molecular weight excluding hydrogens is 420 g/mol. The first kappa shape index (κ1) is 21.0. The Morgan fingerprint density at radius 3 is 1.65 bits per heavy atom. The van der Waals surface area contributed by atoms with Gasteiger partial charge in [-0.3, -0.25) is 0 Å². The molecule has 0 spiro atoms. The lowest BCUT2D eigenvalue weighted by Crippen LogP contribution is -2.44. The molecule has 0 saturated carbocycles. The summed E-state index contributed by atoms with van der Waals surface area (Å²) in [6.45, 7) is 4.40. The molecule has 1 aliphatic heterocycles. The molecule has 34 heavy (non-hydrogen) atoms. The van der Waals surface area contributed by atoms with Crippen LogP contribution in [0.2, 0.25) is 0 Å². The molecular formula is C31H28O3. The largest absolute Gasteiger partial charge is 0.497 e. The maximum absolute atomic E-state index is 6.14. The maximum Gasteiger partial charge on any atom is 0.119 e. The Labute approximate surface area is 200 Å². The minimum atomic E-state index is -0.411. The highest BCUT2D eigenvalue weighted by molar-refractivity contribution is 5.86. The molecule has 0 bridgehead atoms. The molecule has 0 radical (unpaired) electrons. The average Bonchev–Trinajstić information content (AvgIpc) is 3.18. The van der Waals surface area contributed by atoms with Crippen LogP contribution in [-0.2, 0) is 10.2 Å². The average molecular weight is 449 g/mol. The fraction of sp³-hybridized carbons (Fsp3) is 0.226. The van der Waals surface area contributed by atoms with Gasteiger partial charge >= 0.3 is 0 Å². The zero-order valence-electron chi connectivity index (χ0n) is 19.6. The van der Waals surface area contributed by atoms with Crippen molar-refractivity contribution in [3.8, 4) is 22.6 Å². The molecule has 0 aromatic heterocycles. The topological polar surface area (TPSA) is 27.7 Å². The Morgan fingerprint density at radius 1 is 0.676 bits per heavy atom. The van der Waals surface area contributed by atoms with E-state index < -0.39 is 5.41 Å². The highest BCUT2D eigenvalue weighted by Crippen LogP contribution is 2.56. The molecule has 6 rings (SSSR count). The van der Waals surface area contributed by atoms with Crippen molar-refractivity contribution in [2.75, 3.05) is 26.9 Å². The van der Waals surface area contributed by atoms with E-state index in [4.69, 9.17) is 14.2 Å². The Hall–Kier alpha value is -3.56. The molecule has 1 saturated heterocycles. The summed E-state index contributed by atoms with van der Waals surface area (Å²) in [4.78, 5) is 0. The zero-order chi connectivity index (χ0) is 23.2. The number of hydrogen-bond acceptors (Lipinski definition) is 3. The van der Waals surface area contributed by atoms with Crippen molar-refractivity contribution >= 4 is 0 Å². The lowest BCUT2D eigenvalue weighted by atomic mass is 9.68. The highest BCUT2D eigenvalue weighted by Gasteiger charge is 2.45. The monoisotopic (exact) mass is 448 g/mol. The van der Waals surface area contributed by atoms with Crippen LogP contribution >= 0.6 is 0 Å². The highest BCUT2D eigenvalue weighted by atomic mass is 16.5. The fourth-order valence-corrected chi connectivity index (χ4v) is 5.46. The van der Waals surface area contributed by atoms with Crippen LogP contribution < -0.4 is 9.47 Å². The molecule has 0 amide bonds. The van der Waals surface area contributed by atoms with Crippen LogP contribution in [0.1, 0.15) is 29.2 Å². The third kappa shape index (κ3) is 3.15. The van der Waals surface area contributed by atoms with Crippen LogP contribution in [0.15, 0.2) is 97.1 Å². The molecule has 4 aromatic rings. The zero-order valence-corrected chi connectivity index (χ0v) is 19.6. The van der Waals surface area contributed by atoms with E-state index in [0.717, 1.165) is 24.7 Å². The number of hydrogen-bond donors (Lipinski definition) is 0. The van der Waals surface area contributed by atoms with Crippen molar-refractivity contribution in [3.05, 3.63) is 119 Å². The van der Waals surface area contributed by atoms with Gasteiger partial charge in [0.25, 0.3) is 0 Å². The molecule has 1 heterocycles. The fourth-order valence-electron chi connectivity index (χ4n) is 5.46. The Morgan fingerprint density at radius 2 is 1.18 bits per heavy atom. The smallest absolute Gasteiger partial charge is 0.119 e. The quantitative estimate of drug-likeness (QED) is 0.298. The van der Waals surface area contributed by atoms with Crippen LogP contribution in [0, 0.1) is 5.41 Å². The lowest BCUT2D eigenvalue weighted by Gasteiger charge is -2.37. The summed E-state index contributed by atoms with van der Waals surface area (Å²) in [5.74, 6) is 1.75. The van der Waals surface area contributed by atoms with E-state index in [1.807, 2.05) is 0 Å². The number of rotatable bonds is 6. The van der Waals surface area contributed by atoms with Gasteiger partial charge in [0.2, 0.25) is 0 Å². The molecule has 170 valence electrons. The summed E-state index contributed by atoms with van der Waals surface area (Å²) in [7, 11) is 1.71. The Balaban J connectivity index is 1.50. The standard InChI is InChI=1S/C31H28O3/c1-30(19-33-20-30)21-34-25-17-13-23(14-18-25)31(22-11-15-24(32-2)16-12-22)28-9-5-3-7-26(28)27-8-4-6-10-29(27)31/h3-18H,19-21H2,1-2H3. The molecule has 1 aliphatic carbocycles. The van der Waals surface area contributed by atoms with Crippen LogP contribution in [0.25, 0.3) is 11.1 Å². The molecule has 3 heteroatoms. The van der Waals surface area contributed by atoms with Crippen LogP contribution in [0.5, 0.6) is 11.5 Å². The summed E-state index contributed by atoms with van der Waals surface area (Å²) in [6, 6.07) is 34.7. The molecule has 1 fully saturated rings. The van der Waals surface area contributed by atoms with Gasteiger partial charge in [0.1, 0.15) is 11.5 Å². The number of fused-ring (bicyclic) bond motifs is 3. The number of benzene rings is 4. The van der Waals surface area contributed by atoms with Crippen LogP contribution in [0.4, 0.5) is 0 Å². The molecule has 4 aromatic carbocycles. The first-order valence-corrected chi connectivity index (χ1v) is 11.8. The van der Waals surface area contributed by atoms with E-state index >= 15 is 0 Å². The van der Waals surface area contributed by atoms with Crippen molar-refractivity contribution in [1.29, 1.82) is 0 Å². The minimum absolute atomic E-state index is 0.117. The first-order valence-electron chi connectivity index (χ1n) is 11.8. The van der Waals surface area contributed by atoms with E-state index in [2.05, 4.69) is 104 Å². The second kappa shape index (κ2) is 8.03. The van der Waals surface area contributed by atoms with Crippen molar-refractivity contribution in [2.24, 2.45) is 5.41 Å². The van der Waals surface area contributed by atoms with Gasteiger partial charge in [-0.1, -0.05) is 79.7 Å². The lowest BCUT2D eigenvalue weighted by molar-refractivity contribution is -0.120. The van der Waals surface area contributed by atoms with Gasteiger partial charge in [0.15, 0.2) is 0 Å². The summed E-state index contributed by atoms with van der Waals surface area (Å²) in [6.07, 6.45) is 0. The van der Waals surface area contributed by atoms with E-state index in [-0.39, 0.29) is 5.41 Å². The van der Waals surface area contributed by atoms with Crippen molar-refractivity contribution in [3.63, 3.8) is 0 Å². The predicted molar refractivity (Wildman–Crippen MR) is 135 cm³/mol. The van der Waals surface area contributed by atoms with Gasteiger partial charge in [-0.05, 0) is 57.6 Å². The van der Waals surface area contributed by atoms with Gasteiger partial charge in [0, 0.05) is 5.41 Å². The van der Waals surface area contributed by atoms with Gasteiger partial charge in [-0.25, -0.2) is 0 Å². The molecule has 0 N–H and O–H groups in total. The van der Waals surface area contributed by atoms with Crippen LogP contribution in [-0.4, -0.2) is 26.9 Å². The summed E-state index contributed by atoms with van der Waals surface area (Å²) in [5.41, 5.74) is 7.32. The third-order valence-corrected chi connectivity index (χ3v) is 7.25. The molecule has 2 aliphatic rings. The Kier molecular flexibility index (Phi) is 4.96. The summed E-state index contributed by atoms with van der Waals surface area (Å²) >= 11 is 0. The van der Waals surface area contributed by atoms with Crippen LogP contribution in [0.3, 0.4) is 0 Å². The molecule has 0 unspecified atom stereocenters. The maximum atomic E-state index is 6.14. The SMILES string of the molecule is COc1ccc(C2(c3ccc(OCC4(C)COC4)cc3)c3ccccc3-c3ccccc32)cc1. The number of methoxy groups -OCH3 is 1. The minimum Gasteiger partial charge on any atom is -0.497 e. The number of ether oxygens (including phenoxy) is 3. The first-order chi connectivity index (χ1) is 16.6. The molecule has 0 atom stereocenters.